The van der Waals surface area contributed by atoms with Crippen LogP contribution in [-0.4, -0.2) is 36.5 Å². The minimum absolute atomic E-state index is 0.226. The van der Waals surface area contributed by atoms with Gasteiger partial charge in [0.15, 0.2) is 0 Å². The lowest BCUT2D eigenvalue weighted by molar-refractivity contribution is -0.380. The van der Waals surface area contributed by atoms with Crippen molar-refractivity contribution >= 4 is 16.3 Å². The van der Waals surface area contributed by atoms with Gasteiger partial charge in [0.05, 0.1) is 4.92 Å². The summed E-state index contributed by atoms with van der Waals surface area (Å²) in [6, 6.07) is 1.66. The largest absolute Gasteiger partial charge is 0.324 e. The Morgan fingerprint density at radius 1 is 1.67 bits per heavy atom. The van der Waals surface area contributed by atoms with E-state index in [1.807, 2.05) is 5.38 Å². The molecular weight excluding hydrogens is 250 g/mol. The maximum absolute atomic E-state index is 10.6. The first-order valence-corrected chi connectivity index (χ1v) is 7.14. The molecule has 1 N–H and O–H groups in total. The van der Waals surface area contributed by atoms with E-state index >= 15 is 0 Å². The average molecular weight is 269 g/mol. The number of thiophene rings is 1. The van der Waals surface area contributed by atoms with Gasteiger partial charge in [-0.25, -0.2) is 0 Å². The zero-order valence-corrected chi connectivity index (χ0v) is 11.4. The predicted octanol–water partition coefficient (Wildman–Crippen LogP) is 2.09. The van der Waals surface area contributed by atoms with Crippen LogP contribution in [0.1, 0.15) is 18.4 Å². The van der Waals surface area contributed by atoms with Crippen molar-refractivity contribution in [3.8, 4) is 0 Å². The fourth-order valence-corrected chi connectivity index (χ4v) is 3.14. The number of nitrogens with one attached hydrogen (secondary N) is 1. The molecule has 2 heterocycles. The number of piperidine rings is 1. The van der Waals surface area contributed by atoms with E-state index in [0.29, 0.717) is 5.92 Å². The fraction of sp³-hybridized carbons (Fsp3) is 0.667. The molecule has 1 aliphatic heterocycles. The van der Waals surface area contributed by atoms with Crippen LogP contribution in [0.15, 0.2) is 11.4 Å². The number of hydrogen-bond donors (Lipinski definition) is 1. The first-order valence-electron chi connectivity index (χ1n) is 6.26. The van der Waals surface area contributed by atoms with E-state index in [1.165, 1.54) is 30.7 Å². The van der Waals surface area contributed by atoms with Crippen LogP contribution in [0, 0.1) is 16.0 Å². The van der Waals surface area contributed by atoms with Gasteiger partial charge >= 0.3 is 5.00 Å². The molecule has 1 aromatic rings. The first-order chi connectivity index (χ1) is 8.65. The van der Waals surface area contributed by atoms with Crippen molar-refractivity contribution < 1.29 is 4.92 Å². The van der Waals surface area contributed by atoms with Crippen LogP contribution in [0.5, 0.6) is 0 Å². The highest BCUT2D eigenvalue weighted by Gasteiger charge is 2.16. The Balaban J connectivity index is 1.72. The average Bonchev–Trinajstić information content (AvgIpc) is 2.78. The van der Waals surface area contributed by atoms with Gasteiger partial charge in [-0.1, -0.05) is 11.3 Å². The molecule has 0 amide bonds. The van der Waals surface area contributed by atoms with Crippen molar-refractivity contribution in [3.63, 3.8) is 0 Å². The minimum atomic E-state index is -0.329. The van der Waals surface area contributed by atoms with Crippen LogP contribution in [-0.2, 0) is 6.54 Å². The first kappa shape index (κ1) is 13.5. The van der Waals surface area contributed by atoms with E-state index < -0.39 is 0 Å². The Bertz CT molecular complexity index is 408. The van der Waals surface area contributed by atoms with Gasteiger partial charge in [0.2, 0.25) is 0 Å². The molecule has 100 valence electrons. The Morgan fingerprint density at radius 3 is 3.17 bits per heavy atom. The topological polar surface area (TPSA) is 58.4 Å². The highest BCUT2D eigenvalue weighted by Crippen LogP contribution is 2.22. The SMILES string of the molecule is CN1CCCC(CNCc2csc([N+](=O)[O-])c2)C1. The maximum atomic E-state index is 10.6. The van der Waals surface area contributed by atoms with Gasteiger partial charge in [-0.05, 0) is 44.5 Å². The van der Waals surface area contributed by atoms with Gasteiger partial charge < -0.3 is 10.2 Å². The third-order valence-electron chi connectivity index (χ3n) is 3.30. The summed E-state index contributed by atoms with van der Waals surface area (Å²) in [6.07, 6.45) is 2.55. The van der Waals surface area contributed by atoms with Gasteiger partial charge in [-0.2, -0.15) is 0 Å². The van der Waals surface area contributed by atoms with E-state index in [1.54, 1.807) is 6.07 Å². The summed E-state index contributed by atoms with van der Waals surface area (Å²) in [5.74, 6) is 0.706. The quantitative estimate of drug-likeness (QED) is 0.657. The monoisotopic (exact) mass is 269 g/mol. The molecule has 5 nitrogen and oxygen atoms in total. The number of rotatable bonds is 5. The third-order valence-corrected chi connectivity index (χ3v) is 4.23. The molecule has 1 saturated heterocycles. The molecule has 1 aromatic heterocycles. The summed E-state index contributed by atoms with van der Waals surface area (Å²) in [5, 5.41) is 16.0. The molecule has 6 heteroatoms. The van der Waals surface area contributed by atoms with Crippen molar-refractivity contribution in [2.45, 2.75) is 19.4 Å². The zero-order valence-electron chi connectivity index (χ0n) is 10.6. The van der Waals surface area contributed by atoms with Gasteiger partial charge in [0.25, 0.3) is 0 Å². The molecule has 0 bridgehead atoms. The zero-order chi connectivity index (χ0) is 13.0. The molecule has 1 atom stereocenters. The predicted molar refractivity (Wildman–Crippen MR) is 72.9 cm³/mol. The van der Waals surface area contributed by atoms with Crippen LogP contribution in [0.3, 0.4) is 0 Å². The van der Waals surface area contributed by atoms with E-state index in [-0.39, 0.29) is 9.92 Å². The second-order valence-electron chi connectivity index (χ2n) is 4.95. The molecule has 1 unspecified atom stereocenters. The van der Waals surface area contributed by atoms with Crippen molar-refractivity contribution in [2.75, 3.05) is 26.7 Å². The Kier molecular flexibility index (Phi) is 4.68. The van der Waals surface area contributed by atoms with E-state index in [4.69, 9.17) is 0 Å². The summed E-state index contributed by atoms with van der Waals surface area (Å²) >= 11 is 1.20. The van der Waals surface area contributed by atoms with Crippen molar-refractivity contribution in [3.05, 3.63) is 27.1 Å². The number of likely N-dealkylation sites (tertiary alicyclic amines) is 1. The molecule has 1 fully saturated rings. The molecule has 1 aliphatic rings. The molecule has 0 spiro atoms. The maximum Gasteiger partial charge on any atom is 0.324 e. The molecular formula is C12H19N3O2S. The lowest BCUT2D eigenvalue weighted by atomic mass is 9.98. The Labute approximate surface area is 111 Å². The molecule has 0 aromatic carbocycles. The van der Waals surface area contributed by atoms with Crippen molar-refractivity contribution in [2.24, 2.45) is 5.92 Å². The highest BCUT2D eigenvalue weighted by molar-refractivity contribution is 7.13. The van der Waals surface area contributed by atoms with Gasteiger partial charge in [-0.15, -0.1) is 0 Å². The van der Waals surface area contributed by atoms with Gasteiger partial charge in [-0.3, -0.25) is 10.1 Å². The fourth-order valence-electron chi connectivity index (χ4n) is 2.41. The standard InChI is InChI=1S/C12H19N3O2S/c1-14-4-2-3-10(8-14)6-13-7-11-5-12(15(16)17)18-9-11/h5,9-10,13H,2-4,6-8H2,1H3. The Morgan fingerprint density at radius 2 is 2.50 bits per heavy atom. The number of nitrogens with zero attached hydrogens (tertiary/aromatic N) is 2. The van der Waals surface area contributed by atoms with Crippen LogP contribution >= 0.6 is 11.3 Å². The van der Waals surface area contributed by atoms with Gasteiger partial charge in [0.1, 0.15) is 0 Å². The molecule has 2 rings (SSSR count). The summed E-state index contributed by atoms with van der Waals surface area (Å²) in [6.45, 7) is 4.07. The van der Waals surface area contributed by atoms with Crippen LogP contribution < -0.4 is 5.32 Å². The molecule has 18 heavy (non-hydrogen) atoms. The summed E-state index contributed by atoms with van der Waals surface area (Å²) in [5.41, 5.74) is 1.01. The van der Waals surface area contributed by atoms with E-state index in [0.717, 1.165) is 25.2 Å². The summed E-state index contributed by atoms with van der Waals surface area (Å²) in [7, 11) is 2.16. The molecule has 0 saturated carbocycles. The van der Waals surface area contributed by atoms with Crippen LogP contribution in [0.25, 0.3) is 0 Å². The summed E-state index contributed by atoms with van der Waals surface area (Å²) in [4.78, 5) is 12.6. The molecule has 0 radical (unpaired) electrons. The lowest BCUT2D eigenvalue weighted by Crippen LogP contribution is -2.37. The molecule has 0 aliphatic carbocycles. The van der Waals surface area contributed by atoms with Gasteiger partial charge in [0, 0.05) is 24.5 Å². The third kappa shape index (κ3) is 3.76. The van der Waals surface area contributed by atoms with E-state index in [2.05, 4.69) is 17.3 Å². The minimum Gasteiger partial charge on any atom is -0.312 e. The highest BCUT2D eigenvalue weighted by atomic mass is 32.1. The second kappa shape index (κ2) is 6.26. The second-order valence-corrected chi connectivity index (χ2v) is 5.84. The normalized spacial score (nSPS) is 21.1. The van der Waals surface area contributed by atoms with Crippen molar-refractivity contribution in [1.29, 1.82) is 0 Å². The number of hydrogen-bond acceptors (Lipinski definition) is 5. The van der Waals surface area contributed by atoms with Crippen molar-refractivity contribution in [1.82, 2.24) is 10.2 Å². The lowest BCUT2D eigenvalue weighted by Gasteiger charge is -2.29. The number of nitro groups is 1. The smallest absolute Gasteiger partial charge is 0.312 e. The van der Waals surface area contributed by atoms with Crippen LogP contribution in [0.4, 0.5) is 5.00 Å². The van der Waals surface area contributed by atoms with E-state index in [9.17, 15) is 10.1 Å². The Hall–Kier alpha value is -0.980. The van der Waals surface area contributed by atoms with Crippen LogP contribution in [0.2, 0.25) is 0 Å². The summed E-state index contributed by atoms with van der Waals surface area (Å²) < 4.78 is 0.